The quantitative estimate of drug-likeness (QED) is 0.454. The van der Waals surface area contributed by atoms with E-state index in [0.717, 1.165) is 12.8 Å². The van der Waals surface area contributed by atoms with E-state index < -0.39 is 9.84 Å². The second kappa shape index (κ2) is 10.4. The van der Waals surface area contributed by atoms with Crippen LogP contribution < -0.4 is 0 Å². The first kappa shape index (κ1) is 22.2. The Morgan fingerprint density at radius 1 is 0.778 bits per heavy atom. The van der Waals surface area contributed by atoms with Crippen molar-refractivity contribution in [3.63, 3.8) is 0 Å². The summed E-state index contributed by atoms with van der Waals surface area (Å²) in [6, 6.07) is 9.30. The number of rotatable bonds is 10. The molecule has 0 saturated heterocycles. The molecule has 2 aromatic carbocycles. The van der Waals surface area contributed by atoms with Gasteiger partial charge in [0.15, 0.2) is 0 Å². The molecule has 0 aliphatic rings. The van der Waals surface area contributed by atoms with Gasteiger partial charge in [-0.2, -0.15) is 0 Å². The van der Waals surface area contributed by atoms with Crippen LogP contribution in [-0.2, 0) is 32.5 Å². The summed E-state index contributed by atoms with van der Waals surface area (Å²) < 4.78 is 37.1. The summed E-state index contributed by atoms with van der Waals surface area (Å²) in [5, 5.41) is 0.963. The van der Waals surface area contributed by atoms with Gasteiger partial charge in [-0.3, -0.25) is 0 Å². The van der Waals surface area contributed by atoms with Crippen LogP contribution in [0.3, 0.4) is 0 Å². The van der Waals surface area contributed by atoms with Crippen molar-refractivity contribution in [3.05, 3.63) is 57.6 Å². The van der Waals surface area contributed by atoms with Crippen LogP contribution in [0.5, 0.6) is 0 Å². The normalized spacial score (nSPS) is 11.7. The first-order valence-electron chi connectivity index (χ1n) is 8.87. The van der Waals surface area contributed by atoms with Gasteiger partial charge in [-0.1, -0.05) is 37.0 Å². The number of ether oxygens (including phenoxy) is 2. The SMILES string of the molecule is CCCOCc1cc(S(=O)(=O)c2ccc(Cl)c(COCCC)c2)ccc1Cl. The molecule has 7 heteroatoms. The van der Waals surface area contributed by atoms with Crippen molar-refractivity contribution >= 4 is 33.0 Å². The van der Waals surface area contributed by atoms with Gasteiger partial charge in [-0.25, -0.2) is 8.42 Å². The molecule has 0 unspecified atom stereocenters. The molecule has 4 nitrogen and oxygen atoms in total. The van der Waals surface area contributed by atoms with Gasteiger partial charge in [0.1, 0.15) is 0 Å². The predicted octanol–water partition coefficient (Wildman–Crippen LogP) is 5.68. The molecule has 0 aliphatic carbocycles. The predicted molar refractivity (Wildman–Crippen MR) is 108 cm³/mol. The van der Waals surface area contributed by atoms with Crippen LogP contribution in [0.15, 0.2) is 46.2 Å². The van der Waals surface area contributed by atoms with Gasteiger partial charge < -0.3 is 9.47 Å². The molecule has 0 spiro atoms. The summed E-state index contributed by atoms with van der Waals surface area (Å²) in [5.41, 5.74) is 1.29. The van der Waals surface area contributed by atoms with Crippen LogP contribution in [0.25, 0.3) is 0 Å². The highest BCUT2D eigenvalue weighted by Crippen LogP contribution is 2.28. The van der Waals surface area contributed by atoms with Crippen molar-refractivity contribution in [2.24, 2.45) is 0 Å². The average Bonchev–Trinajstić information content (AvgIpc) is 2.65. The summed E-state index contributed by atoms with van der Waals surface area (Å²) in [4.78, 5) is 0.342. The molecule has 2 aromatic rings. The standard InChI is InChI=1S/C20H24Cl2O4S/c1-3-9-25-13-15-11-17(5-7-19(15)21)27(23,24)18-6-8-20(22)16(12-18)14-26-10-4-2/h5-8,11-12H,3-4,9-10,13-14H2,1-2H3. The highest BCUT2D eigenvalue weighted by atomic mass is 35.5. The Morgan fingerprint density at radius 2 is 1.19 bits per heavy atom. The van der Waals surface area contributed by atoms with E-state index in [4.69, 9.17) is 32.7 Å². The molecule has 0 fully saturated rings. The maximum Gasteiger partial charge on any atom is 0.206 e. The minimum Gasteiger partial charge on any atom is -0.377 e. The van der Waals surface area contributed by atoms with Crippen LogP contribution in [0, 0.1) is 0 Å². The number of halogens is 2. The zero-order valence-electron chi connectivity index (χ0n) is 15.5. The molecular formula is C20H24Cl2O4S. The third-order valence-electron chi connectivity index (χ3n) is 3.87. The van der Waals surface area contributed by atoms with Gasteiger partial charge in [-0.05, 0) is 60.4 Å². The van der Waals surface area contributed by atoms with Crippen molar-refractivity contribution in [1.82, 2.24) is 0 Å². The van der Waals surface area contributed by atoms with E-state index in [1.54, 1.807) is 24.3 Å². The lowest BCUT2D eigenvalue weighted by atomic mass is 10.2. The fourth-order valence-electron chi connectivity index (χ4n) is 2.45. The summed E-state index contributed by atoms with van der Waals surface area (Å²) in [7, 11) is -3.71. The van der Waals surface area contributed by atoms with Crippen molar-refractivity contribution in [2.75, 3.05) is 13.2 Å². The molecule has 0 radical (unpaired) electrons. The van der Waals surface area contributed by atoms with Crippen LogP contribution in [0.1, 0.15) is 37.8 Å². The Morgan fingerprint density at radius 3 is 1.56 bits per heavy atom. The third-order valence-corrected chi connectivity index (χ3v) is 6.35. The third kappa shape index (κ3) is 5.93. The molecule has 0 aliphatic heterocycles. The van der Waals surface area contributed by atoms with E-state index in [1.807, 2.05) is 13.8 Å². The monoisotopic (exact) mass is 430 g/mol. The van der Waals surface area contributed by atoms with Gasteiger partial charge in [0.25, 0.3) is 0 Å². The minimum atomic E-state index is -3.71. The van der Waals surface area contributed by atoms with Crippen molar-refractivity contribution in [1.29, 1.82) is 0 Å². The molecule has 0 atom stereocenters. The van der Waals surface area contributed by atoms with Crippen LogP contribution in [-0.4, -0.2) is 21.6 Å². The summed E-state index contributed by atoms with van der Waals surface area (Å²) in [6.07, 6.45) is 1.76. The highest BCUT2D eigenvalue weighted by Gasteiger charge is 2.20. The topological polar surface area (TPSA) is 52.6 Å². The van der Waals surface area contributed by atoms with E-state index in [2.05, 4.69) is 0 Å². The smallest absolute Gasteiger partial charge is 0.206 e. The summed E-state index contributed by atoms with van der Waals surface area (Å²) >= 11 is 12.4. The maximum absolute atomic E-state index is 13.1. The summed E-state index contributed by atoms with van der Waals surface area (Å²) in [6.45, 7) is 5.73. The van der Waals surface area contributed by atoms with Crippen molar-refractivity contribution < 1.29 is 17.9 Å². The van der Waals surface area contributed by atoms with Crippen LogP contribution in [0.4, 0.5) is 0 Å². The van der Waals surface area contributed by atoms with E-state index in [9.17, 15) is 8.42 Å². The molecular weight excluding hydrogens is 407 g/mol. The number of hydrogen-bond acceptors (Lipinski definition) is 4. The Balaban J connectivity index is 2.32. The lowest BCUT2D eigenvalue weighted by Crippen LogP contribution is -2.05. The second-order valence-corrected chi connectivity index (χ2v) is 8.88. The maximum atomic E-state index is 13.1. The second-order valence-electron chi connectivity index (χ2n) is 6.12. The van der Waals surface area contributed by atoms with E-state index in [1.165, 1.54) is 12.1 Å². The fourth-order valence-corrected chi connectivity index (χ4v) is 4.15. The number of sulfone groups is 1. The van der Waals surface area contributed by atoms with Gasteiger partial charge >= 0.3 is 0 Å². The van der Waals surface area contributed by atoms with E-state index in [-0.39, 0.29) is 23.0 Å². The lowest BCUT2D eigenvalue weighted by molar-refractivity contribution is 0.121. The molecule has 27 heavy (non-hydrogen) atoms. The zero-order valence-corrected chi connectivity index (χ0v) is 17.8. The van der Waals surface area contributed by atoms with Crippen molar-refractivity contribution in [3.8, 4) is 0 Å². The molecule has 148 valence electrons. The van der Waals surface area contributed by atoms with Gasteiger partial charge in [0, 0.05) is 23.3 Å². The van der Waals surface area contributed by atoms with E-state index in [0.29, 0.717) is 34.4 Å². The number of benzene rings is 2. The van der Waals surface area contributed by atoms with Gasteiger partial charge in [0.05, 0.1) is 23.0 Å². The van der Waals surface area contributed by atoms with Crippen molar-refractivity contribution in [2.45, 2.75) is 49.7 Å². The number of hydrogen-bond donors (Lipinski definition) is 0. The van der Waals surface area contributed by atoms with Gasteiger partial charge in [-0.15, -0.1) is 0 Å². The van der Waals surface area contributed by atoms with Gasteiger partial charge in [0.2, 0.25) is 9.84 Å². The van der Waals surface area contributed by atoms with Crippen LogP contribution >= 0.6 is 23.2 Å². The Kier molecular flexibility index (Phi) is 8.58. The first-order chi connectivity index (χ1) is 12.9. The Bertz CT molecular complexity index is 801. The molecule has 0 aromatic heterocycles. The average molecular weight is 431 g/mol. The summed E-state index contributed by atoms with van der Waals surface area (Å²) in [5.74, 6) is 0. The largest absolute Gasteiger partial charge is 0.377 e. The molecule has 0 amide bonds. The Labute approximate surface area is 171 Å². The molecule has 0 N–H and O–H groups in total. The van der Waals surface area contributed by atoms with Crippen LogP contribution in [0.2, 0.25) is 10.0 Å². The molecule has 0 bridgehead atoms. The highest BCUT2D eigenvalue weighted by molar-refractivity contribution is 7.91. The molecule has 2 rings (SSSR count). The molecule has 0 heterocycles. The molecule has 0 saturated carbocycles. The van der Waals surface area contributed by atoms with E-state index >= 15 is 0 Å². The minimum absolute atomic E-state index is 0.171. The fraction of sp³-hybridized carbons (Fsp3) is 0.400. The Hall–Kier alpha value is -1.11. The zero-order chi connectivity index (χ0) is 19.9. The first-order valence-corrected chi connectivity index (χ1v) is 11.1. The lowest BCUT2D eigenvalue weighted by Gasteiger charge is -2.11.